The van der Waals surface area contributed by atoms with Gasteiger partial charge in [-0.25, -0.2) is 4.79 Å². The maximum atomic E-state index is 14.1. The summed E-state index contributed by atoms with van der Waals surface area (Å²) in [6, 6.07) is 23.8. The number of nitrogens with zero attached hydrogens (tertiary/aromatic N) is 3. The molecule has 0 unspecified atom stereocenters. The summed E-state index contributed by atoms with van der Waals surface area (Å²) in [6.07, 6.45) is 0. The zero-order chi connectivity index (χ0) is 23.7. The second kappa shape index (κ2) is 8.76. The quantitative estimate of drug-likeness (QED) is 0.605. The van der Waals surface area contributed by atoms with Crippen LogP contribution in [0.1, 0.15) is 16.7 Å². The number of carbonyl (C=O) groups is 2. The van der Waals surface area contributed by atoms with Gasteiger partial charge in [0.2, 0.25) is 0 Å². The second-order valence-electron chi connectivity index (χ2n) is 8.03. The molecule has 0 radical (unpaired) electrons. The van der Waals surface area contributed by atoms with Crippen molar-refractivity contribution in [3.05, 3.63) is 89.5 Å². The number of ether oxygens (including phenoxy) is 1. The minimum atomic E-state index is -1.18. The van der Waals surface area contributed by atoms with E-state index in [1.54, 1.807) is 29.0 Å². The first-order valence-corrected chi connectivity index (χ1v) is 11.8. The summed E-state index contributed by atoms with van der Waals surface area (Å²) in [4.78, 5) is 29.6. The number of hydrogen-bond donors (Lipinski definition) is 1. The smallest absolute Gasteiger partial charge is 0.323 e. The van der Waals surface area contributed by atoms with E-state index >= 15 is 0 Å². The lowest BCUT2D eigenvalue weighted by molar-refractivity contribution is -0.123. The average Bonchev–Trinajstić information content (AvgIpc) is 3.41. The number of hydrogen-bond acceptors (Lipinski definition) is 5. The summed E-state index contributed by atoms with van der Waals surface area (Å²) >= 11 is 1.46. The molecule has 8 heteroatoms. The van der Waals surface area contributed by atoms with Crippen molar-refractivity contribution in [2.45, 2.75) is 11.4 Å². The molecule has 2 heterocycles. The van der Waals surface area contributed by atoms with Crippen molar-refractivity contribution in [2.24, 2.45) is 0 Å². The summed E-state index contributed by atoms with van der Waals surface area (Å²) in [5, 5.41) is 12.2. The average molecular weight is 471 g/mol. The molecule has 1 saturated heterocycles. The lowest BCUT2D eigenvalue weighted by atomic mass is 10.1. The van der Waals surface area contributed by atoms with Gasteiger partial charge in [-0.2, -0.15) is 5.26 Å². The topological polar surface area (TPSA) is 85.7 Å². The predicted molar refractivity (Wildman–Crippen MR) is 132 cm³/mol. The monoisotopic (exact) mass is 470 g/mol. The van der Waals surface area contributed by atoms with Gasteiger partial charge < -0.3 is 15.0 Å². The third kappa shape index (κ3) is 3.55. The molecular weight excluding hydrogens is 448 g/mol. The highest BCUT2D eigenvalue weighted by molar-refractivity contribution is 8.01. The molecule has 3 amide bonds. The third-order valence-corrected chi connectivity index (χ3v) is 7.49. The number of benzene rings is 3. The standard InChI is InChI=1S/C26H22N4O3S/c1-33-21-10-11-23-22(15-21)26(24(31)29(23)17-19-7-5-6-18(14-19)16-27)30(12-13-34-26)25(32)28-20-8-3-2-4-9-20/h2-11,14-15H,12-13,17H2,1H3,(H,28,32)/t26-/m1/s1. The Morgan fingerprint density at radius 1 is 1.15 bits per heavy atom. The first-order chi connectivity index (χ1) is 16.6. The van der Waals surface area contributed by atoms with Crippen LogP contribution in [0.2, 0.25) is 0 Å². The number of nitrogens with one attached hydrogen (secondary N) is 1. The van der Waals surface area contributed by atoms with Gasteiger partial charge in [-0.3, -0.25) is 9.69 Å². The van der Waals surface area contributed by atoms with E-state index in [-0.39, 0.29) is 11.9 Å². The molecule has 0 aromatic heterocycles. The van der Waals surface area contributed by atoms with Gasteiger partial charge in [-0.05, 0) is 48.0 Å². The van der Waals surface area contributed by atoms with Crippen LogP contribution in [0, 0.1) is 11.3 Å². The Bertz CT molecular complexity index is 1310. The number of amides is 3. The number of anilines is 2. The number of fused-ring (bicyclic) bond motifs is 2. The van der Waals surface area contributed by atoms with Crippen LogP contribution in [0.4, 0.5) is 16.2 Å². The number of para-hydroxylation sites is 1. The van der Waals surface area contributed by atoms with E-state index in [0.717, 1.165) is 16.8 Å². The van der Waals surface area contributed by atoms with E-state index in [9.17, 15) is 14.9 Å². The Morgan fingerprint density at radius 3 is 2.74 bits per heavy atom. The Hall–Kier alpha value is -3.96. The molecule has 34 heavy (non-hydrogen) atoms. The molecule has 7 nitrogen and oxygen atoms in total. The molecule has 1 N–H and O–H groups in total. The highest BCUT2D eigenvalue weighted by Gasteiger charge is 2.59. The zero-order valence-electron chi connectivity index (χ0n) is 18.5. The van der Waals surface area contributed by atoms with Gasteiger partial charge >= 0.3 is 6.03 Å². The predicted octanol–water partition coefficient (Wildman–Crippen LogP) is 4.55. The molecule has 2 aliphatic heterocycles. The minimum absolute atomic E-state index is 0.177. The summed E-state index contributed by atoms with van der Waals surface area (Å²) in [5.41, 5.74) is 3.52. The maximum absolute atomic E-state index is 14.1. The lowest BCUT2D eigenvalue weighted by Gasteiger charge is -2.33. The van der Waals surface area contributed by atoms with Gasteiger partial charge in [-0.15, -0.1) is 11.8 Å². The van der Waals surface area contributed by atoms with E-state index in [0.29, 0.717) is 35.8 Å². The molecule has 0 bridgehead atoms. The summed E-state index contributed by atoms with van der Waals surface area (Å²) in [5.74, 6) is 1.07. The number of urea groups is 1. The van der Waals surface area contributed by atoms with Crippen molar-refractivity contribution in [3.8, 4) is 11.8 Å². The van der Waals surface area contributed by atoms with Gasteiger partial charge in [0.05, 0.1) is 31.0 Å². The fraction of sp³-hybridized carbons (Fsp3) is 0.192. The van der Waals surface area contributed by atoms with Crippen LogP contribution in [0.5, 0.6) is 5.75 Å². The zero-order valence-corrected chi connectivity index (χ0v) is 19.3. The molecular formula is C26H22N4O3S. The molecule has 170 valence electrons. The van der Waals surface area contributed by atoms with E-state index < -0.39 is 4.87 Å². The number of nitriles is 1. The van der Waals surface area contributed by atoms with Gasteiger partial charge in [-0.1, -0.05) is 30.3 Å². The molecule has 0 saturated carbocycles. The van der Waals surface area contributed by atoms with Crippen LogP contribution >= 0.6 is 11.8 Å². The molecule has 0 aliphatic carbocycles. The molecule has 3 aromatic rings. The van der Waals surface area contributed by atoms with Crippen molar-refractivity contribution >= 4 is 35.1 Å². The van der Waals surface area contributed by atoms with Crippen molar-refractivity contribution in [1.82, 2.24) is 4.90 Å². The highest BCUT2D eigenvalue weighted by Crippen LogP contribution is 2.55. The van der Waals surface area contributed by atoms with E-state index in [1.807, 2.05) is 60.7 Å². The Kier molecular flexibility index (Phi) is 5.64. The van der Waals surface area contributed by atoms with Gasteiger partial charge in [0.15, 0.2) is 4.87 Å². The first kappa shape index (κ1) is 21.9. The summed E-state index contributed by atoms with van der Waals surface area (Å²) in [7, 11) is 1.58. The molecule has 5 rings (SSSR count). The van der Waals surface area contributed by atoms with Gasteiger partial charge in [0.25, 0.3) is 5.91 Å². The van der Waals surface area contributed by atoms with Crippen LogP contribution in [-0.2, 0) is 16.2 Å². The third-order valence-electron chi connectivity index (χ3n) is 6.07. The minimum Gasteiger partial charge on any atom is -0.497 e. The molecule has 2 aliphatic rings. The molecule has 1 spiro atoms. The number of thioether (sulfide) groups is 1. The lowest BCUT2D eigenvalue weighted by Crippen LogP contribution is -2.51. The molecule has 1 atom stereocenters. The van der Waals surface area contributed by atoms with E-state index in [2.05, 4.69) is 11.4 Å². The van der Waals surface area contributed by atoms with Crippen LogP contribution < -0.4 is 15.0 Å². The SMILES string of the molecule is COc1ccc2c(c1)[C@@]1(SCCN1C(=O)Nc1ccccc1)C(=O)N2Cc1cccc(C#N)c1. The maximum Gasteiger partial charge on any atom is 0.323 e. The number of rotatable bonds is 4. The fourth-order valence-electron chi connectivity index (χ4n) is 4.51. The normalized spacial score (nSPS) is 18.6. The summed E-state index contributed by atoms with van der Waals surface area (Å²) in [6.45, 7) is 0.730. The van der Waals surface area contributed by atoms with Crippen LogP contribution in [0.15, 0.2) is 72.8 Å². The van der Waals surface area contributed by atoms with Crippen molar-refractivity contribution < 1.29 is 14.3 Å². The Balaban J connectivity index is 1.55. The van der Waals surface area contributed by atoms with Gasteiger partial charge in [0.1, 0.15) is 5.75 Å². The Labute approximate surface area is 201 Å². The Morgan fingerprint density at radius 2 is 1.97 bits per heavy atom. The second-order valence-corrected chi connectivity index (χ2v) is 9.31. The van der Waals surface area contributed by atoms with Crippen molar-refractivity contribution in [2.75, 3.05) is 29.6 Å². The van der Waals surface area contributed by atoms with Crippen LogP contribution in [-0.4, -0.2) is 36.2 Å². The fourth-order valence-corrected chi connectivity index (χ4v) is 5.96. The molecule has 1 fully saturated rings. The number of carbonyl (C=O) groups excluding carboxylic acids is 2. The summed E-state index contributed by atoms with van der Waals surface area (Å²) < 4.78 is 5.46. The van der Waals surface area contributed by atoms with E-state index in [1.165, 1.54) is 11.8 Å². The largest absolute Gasteiger partial charge is 0.497 e. The van der Waals surface area contributed by atoms with E-state index in [4.69, 9.17) is 4.74 Å². The first-order valence-electron chi connectivity index (χ1n) is 10.8. The highest BCUT2D eigenvalue weighted by atomic mass is 32.2. The molecule has 3 aromatic carbocycles. The van der Waals surface area contributed by atoms with Crippen LogP contribution in [0.3, 0.4) is 0 Å². The van der Waals surface area contributed by atoms with Crippen molar-refractivity contribution in [1.29, 1.82) is 5.26 Å². The van der Waals surface area contributed by atoms with Gasteiger partial charge in [0, 0.05) is 23.5 Å². The number of methoxy groups -OCH3 is 1. The van der Waals surface area contributed by atoms with Crippen LogP contribution in [0.25, 0.3) is 0 Å². The van der Waals surface area contributed by atoms with Crippen molar-refractivity contribution in [3.63, 3.8) is 0 Å².